The molecule has 0 spiro atoms. The van der Waals surface area contributed by atoms with E-state index in [0.717, 1.165) is 0 Å². The summed E-state index contributed by atoms with van der Waals surface area (Å²) in [5, 5.41) is 12.5. The number of ether oxygens (including phenoxy) is 1. The summed E-state index contributed by atoms with van der Waals surface area (Å²) < 4.78 is 4.93. The number of amides is 1. The van der Waals surface area contributed by atoms with Crippen LogP contribution in [-0.4, -0.2) is 23.1 Å². The molecule has 19 heavy (non-hydrogen) atoms. The van der Waals surface area contributed by atoms with Gasteiger partial charge in [-0.1, -0.05) is 12.1 Å². The fourth-order valence-electron chi connectivity index (χ4n) is 1.62. The number of para-hydroxylation sites is 1. The monoisotopic (exact) mass is 258 g/mol. The molecule has 1 amide bonds. The number of pyridine rings is 1. The highest BCUT2D eigenvalue weighted by molar-refractivity contribution is 6.06. The minimum atomic E-state index is -0.381. The average Bonchev–Trinajstić information content (AvgIpc) is 2.42. The fourth-order valence-corrected chi connectivity index (χ4v) is 1.62. The second-order valence-corrected chi connectivity index (χ2v) is 4.01. The number of phenolic OH excluding ortho intramolecular Hbond substituents is 1. The van der Waals surface area contributed by atoms with Gasteiger partial charge in [0.25, 0.3) is 5.91 Å². The van der Waals surface area contributed by atoms with Crippen LogP contribution >= 0.6 is 0 Å². The predicted octanol–water partition coefficient (Wildman–Crippen LogP) is 2.36. The van der Waals surface area contributed by atoms with Crippen molar-refractivity contribution in [3.63, 3.8) is 0 Å². The van der Waals surface area contributed by atoms with Gasteiger partial charge in [-0.05, 0) is 24.6 Å². The molecular formula is C14H14N2O3. The quantitative estimate of drug-likeness (QED) is 0.886. The van der Waals surface area contributed by atoms with E-state index in [1.54, 1.807) is 37.3 Å². The van der Waals surface area contributed by atoms with Crippen molar-refractivity contribution >= 4 is 11.6 Å². The number of aromatic hydroxyl groups is 1. The van der Waals surface area contributed by atoms with E-state index in [9.17, 15) is 9.90 Å². The molecule has 2 rings (SSSR count). The number of nitrogens with zero attached hydrogens (tertiary/aromatic N) is 1. The predicted molar refractivity (Wildman–Crippen MR) is 71.6 cm³/mol. The Bertz CT molecular complexity index is 594. The lowest BCUT2D eigenvalue weighted by molar-refractivity contribution is 0.102. The Labute approximate surface area is 110 Å². The number of hydrogen-bond donors (Lipinski definition) is 2. The number of nitrogens with one attached hydrogen (secondary N) is 1. The number of carbonyl (C=O) groups excluding carboxylic acids is 1. The Kier molecular flexibility index (Phi) is 3.66. The van der Waals surface area contributed by atoms with Gasteiger partial charge in [-0.3, -0.25) is 4.79 Å². The third-order valence-corrected chi connectivity index (χ3v) is 2.69. The third-order valence-electron chi connectivity index (χ3n) is 2.69. The van der Waals surface area contributed by atoms with Crippen molar-refractivity contribution in [2.75, 3.05) is 12.4 Å². The maximum absolute atomic E-state index is 12.0. The van der Waals surface area contributed by atoms with Gasteiger partial charge in [0.2, 0.25) is 5.88 Å². The van der Waals surface area contributed by atoms with E-state index in [1.807, 2.05) is 0 Å². The first-order valence-electron chi connectivity index (χ1n) is 5.72. The molecule has 0 aliphatic rings. The minimum absolute atomic E-state index is 0.0125. The molecule has 1 aromatic carbocycles. The van der Waals surface area contributed by atoms with Crippen LogP contribution in [-0.2, 0) is 0 Å². The van der Waals surface area contributed by atoms with Crippen LogP contribution < -0.4 is 10.1 Å². The summed E-state index contributed by atoms with van der Waals surface area (Å²) in [6.45, 7) is 1.74. The van der Waals surface area contributed by atoms with Crippen molar-refractivity contribution in [2.45, 2.75) is 6.92 Å². The smallest absolute Gasteiger partial charge is 0.259 e. The normalized spacial score (nSPS) is 10.0. The van der Waals surface area contributed by atoms with Crippen LogP contribution in [0.2, 0.25) is 0 Å². The molecule has 1 heterocycles. The van der Waals surface area contributed by atoms with Crippen molar-refractivity contribution in [3.8, 4) is 11.6 Å². The van der Waals surface area contributed by atoms with Crippen LogP contribution in [0.25, 0.3) is 0 Å². The summed E-state index contributed by atoms with van der Waals surface area (Å²) in [6, 6.07) is 8.34. The van der Waals surface area contributed by atoms with Gasteiger partial charge >= 0.3 is 0 Å². The van der Waals surface area contributed by atoms with Crippen LogP contribution in [0.4, 0.5) is 5.69 Å². The summed E-state index contributed by atoms with van der Waals surface area (Å²) in [6.07, 6.45) is 1.49. The Morgan fingerprint density at radius 2 is 2.11 bits per heavy atom. The number of anilines is 1. The number of hydrogen-bond acceptors (Lipinski definition) is 4. The van der Waals surface area contributed by atoms with Crippen LogP contribution in [0.5, 0.6) is 11.6 Å². The molecule has 2 N–H and O–H groups in total. The van der Waals surface area contributed by atoms with Crippen molar-refractivity contribution in [3.05, 3.63) is 47.7 Å². The molecule has 5 heteroatoms. The number of benzene rings is 1. The van der Waals surface area contributed by atoms with Gasteiger partial charge in [-0.2, -0.15) is 0 Å². The summed E-state index contributed by atoms with van der Waals surface area (Å²) in [5.41, 5.74) is 1.42. The van der Waals surface area contributed by atoms with Gasteiger partial charge in [-0.15, -0.1) is 0 Å². The number of aromatic nitrogens is 1. The Hall–Kier alpha value is -2.56. The van der Waals surface area contributed by atoms with Crippen molar-refractivity contribution in [2.24, 2.45) is 0 Å². The molecule has 98 valence electrons. The Morgan fingerprint density at radius 1 is 1.32 bits per heavy atom. The Morgan fingerprint density at radius 3 is 2.74 bits per heavy atom. The van der Waals surface area contributed by atoms with Gasteiger partial charge < -0.3 is 15.2 Å². The second-order valence-electron chi connectivity index (χ2n) is 4.01. The van der Waals surface area contributed by atoms with Crippen LogP contribution in [0.1, 0.15) is 15.9 Å². The first-order chi connectivity index (χ1) is 9.11. The molecule has 2 aromatic rings. The zero-order valence-corrected chi connectivity index (χ0v) is 10.7. The molecule has 0 aliphatic heterocycles. The molecule has 0 aliphatic carbocycles. The topological polar surface area (TPSA) is 71.5 Å². The van der Waals surface area contributed by atoms with E-state index in [1.165, 1.54) is 13.3 Å². The molecule has 0 unspecified atom stereocenters. The van der Waals surface area contributed by atoms with Crippen molar-refractivity contribution < 1.29 is 14.6 Å². The fraction of sp³-hybridized carbons (Fsp3) is 0.143. The largest absolute Gasteiger partial charge is 0.507 e. The van der Waals surface area contributed by atoms with Gasteiger partial charge in [-0.25, -0.2) is 4.98 Å². The number of methoxy groups -OCH3 is 1. The van der Waals surface area contributed by atoms with Gasteiger partial charge in [0.1, 0.15) is 5.75 Å². The van der Waals surface area contributed by atoms with Crippen LogP contribution in [0.15, 0.2) is 36.5 Å². The SMILES string of the molecule is COc1ccc(NC(=O)c2cccc(C)c2O)cn1. The van der Waals surface area contributed by atoms with E-state index in [0.29, 0.717) is 17.1 Å². The molecular weight excluding hydrogens is 244 g/mol. The van der Waals surface area contributed by atoms with Gasteiger partial charge in [0.15, 0.2) is 0 Å². The zero-order valence-electron chi connectivity index (χ0n) is 10.7. The molecule has 0 saturated heterocycles. The minimum Gasteiger partial charge on any atom is -0.507 e. The molecule has 0 radical (unpaired) electrons. The molecule has 0 fully saturated rings. The standard InChI is InChI=1S/C14H14N2O3/c1-9-4-3-5-11(13(9)17)14(18)16-10-6-7-12(19-2)15-8-10/h3-8,17H,1-2H3,(H,16,18). The number of carbonyl (C=O) groups is 1. The lowest BCUT2D eigenvalue weighted by atomic mass is 10.1. The van der Waals surface area contributed by atoms with E-state index >= 15 is 0 Å². The van der Waals surface area contributed by atoms with Crippen LogP contribution in [0.3, 0.4) is 0 Å². The lowest BCUT2D eigenvalue weighted by Crippen LogP contribution is -2.12. The highest BCUT2D eigenvalue weighted by atomic mass is 16.5. The molecule has 5 nitrogen and oxygen atoms in total. The van der Waals surface area contributed by atoms with E-state index in [-0.39, 0.29) is 17.2 Å². The molecule has 1 aromatic heterocycles. The summed E-state index contributed by atoms with van der Waals surface area (Å²) in [4.78, 5) is 16.0. The highest BCUT2D eigenvalue weighted by Gasteiger charge is 2.12. The summed E-state index contributed by atoms with van der Waals surface area (Å²) in [7, 11) is 1.52. The molecule has 0 atom stereocenters. The summed E-state index contributed by atoms with van der Waals surface area (Å²) >= 11 is 0. The third kappa shape index (κ3) is 2.82. The maximum Gasteiger partial charge on any atom is 0.259 e. The van der Waals surface area contributed by atoms with E-state index in [2.05, 4.69) is 10.3 Å². The number of phenols is 1. The Balaban J connectivity index is 2.18. The van der Waals surface area contributed by atoms with Crippen molar-refractivity contribution in [1.82, 2.24) is 4.98 Å². The van der Waals surface area contributed by atoms with Gasteiger partial charge in [0.05, 0.1) is 24.6 Å². The summed E-state index contributed by atoms with van der Waals surface area (Å²) in [5.74, 6) is 0.0750. The van der Waals surface area contributed by atoms with E-state index in [4.69, 9.17) is 4.74 Å². The highest BCUT2D eigenvalue weighted by Crippen LogP contribution is 2.22. The zero-order chi connectivity index (χ0) is 13.8. The number of rotatable bonds is 3. The first kappa shape index (κ1) is 12.9. The van der Waals surface area contributed by atoms with Crippen LogP contribution in [0, 0.1) is 6.92 Å². The first-order valence-corrected chi connectivity index (χ1v) is 5.72. The molecule has 0 saturated carbocycles. The second kappa shape index (κ2) is 5.39. The number of aryl methyl sites for hydroxylation is 1. The maximum atomic E-state index is 12.0. The van der Waals surface area contributed by atoms with Gasteiger partial charge in [0, 0.05) is 6.07 Å². The lowest BCUT2D eigenvalue weighted by Gasteiger charge is -2.08. The molecule has 0 bridgehead atoms. The van der Waals surface area contributed by atoms with E-state index < -0.39 is 0 Å². The average molecular weight is 258 g/mol. The van der Waals surface area contributed by atoms with Crippen molar-refractivity contribution in [1.29, 1.82) is 0 Å².